The van der Waals surface area contributed by atoms with Gasteiger partial charge in [-0.25, -0.2) is 19.2 Å². The topological polar surface area (TPSA) is 240 Å². The number of alkyl carbamates (subject to hydrolysis) is 1. The smallest absolute Gasteiger partial charge is 0.456 e. The molecule has 326 valence electrons. The summed E-state index contributed by atoms with van der Waals surface area (Å²) in [6.07, 6.45) is -13.0. The van der Waals surface area contributed by atoms with Crippen molar-refractivity contribution in [1.29, 1.82) is 0 Å². The fraction of sp³-hybridized carbons (Fsp3) is 0.571. The quantitative estimate of drug-likeness (QED) is 0.143. The molecule has 3 fully saturated rings. The highest BCUT2D eigenvalue weighted by molar-refractivity contribution is 7.10. The van der Waals surface area contributed by atoms with Crippen LogP contribution in [0.25, 0.3) is 0 Å². The molecule has 1 amide bonds. The van der Waals surface area contributed by atoms with Gasteiger partial charge in [0.05, 0.1) is 42.8 Å². The van der Waals surface area contributed by atoms with Crippen LogP contribution in [0.15, 0.2) is 59.0 Å². The van der Waals surface area contributed by atoms with Gasteiger partial charge in [-0.3, -0.25) is 9.59 Å². The number of amides is 1. The highest BCUT2D eigenvalue weighted by Crippen LogP contribution is 2.64. The number of rotatable bonds is 11. The van der Waals surface area contributed by atoms with Crippen LogP contribution in [-0.2, 0) is 47.5 Å². The molecule has 0 spiro atoms. The third kappa shape index (κ3) is 7.46. The van der Waals surface area contributed by atoms with Crippen molar-refractivity contribution >= 4 is 47.3 Å². The van der Waals surface area contributed by atoms with E-state index in [1.807, 2.05) is 0 Å². The Morgan fingerprint density at radius 3 is 2.25 bits per heavy atom. The first-order valence-corrected chi connectivity index (χ1v) is 20.6. The number of esters is 3. The average molecular weight is 858 g/mol. The fourth-order valence-electron chi connectivity index (χ4n) is 9.52. The zero-order valence-corrected chi connectivity index (χ0v) is 35.1. The summed E-state index contributed by atoms with van der Waals surface area (Å²) in [4.78, 5) is 83.0. The molecule has 60 heavy (non-hydrogen) atoms. The van der Waals surface area contributed by atoms with Gasteiger partial charge >= 0.3 is 30.2 Å². The lowest BCUT2D eigenvalue weighted by molar-refractivity contribution is -0.346. The monoisotopic (exact) mass is 857 g/mol. The minimum atomic E-state index is -2.42. The lowest BCUT2D eigenvalue weighted by atomic mass is 9.44. The number of carbonyl (C=O) groups excluding carboxylic acids is 6. The number of aliphatic hydroxyl groups is 3. The molecule has 4 N–H and O–H groups in total. The summed E-state index contributed by atoms with van der Waals surface area (Å²) >= 11 is 1.14. The third-order valence-corrected chi connectivity index (χ3v) is 13.5. The Kier molecular flexibility index (Phi) is 12.6. The zero-order chi connectivity index (χ0) is 43.9. The SMILES string of the molecule is CCOC(=O)N[C@@H](c1cccs1)[C@@H](O)C(=O)O[C@H]1C[C@@]2(O)C(OC(=O)c3ccccc3)C3[C@](C)(C(=O)[C@H](OC(=O)OCC)C(=C1C)C2(C)C)[C@@H](O)C[C@H]1OC[C@@]31OC(C)=O. The van der Waals surface area contributed by atoms with Crippen molar-refractivity contribution in [1.82, 2.24) is 5.32 Å². The number of hydrogen-bond donors (Lipinski definition) is 4. The molecule has 18 heteroatoms. The van der Waals surface area contributed by atoms with Crippen LogP contribution in [0.5, 0.6) is 0 Å². The summed E-state index contributed by atoms with van der Waals surface area (Å²) in [6.45, 7) is 9.67. The number of Topliss-reactive ketones (excluding diaryl/α,β-unsaturated/α-hetero) is 1. The zero-order valence-electron chi connectivity index (χ0n) is 34.3. The lowest BCUT2D eigenvalue weighted by Gasteiger charge is -2.67. The molecule has 3 aliphatic carbocycles. The van der Waals surface area contributed by atoms with Crippen molar-refractivity contribution in [3.63, 3.8) is 0 Å². The molecule has 2 heterocycles. The van der Waals surface area contributed by atoms with Crippen LogP contribution in [0.3, 0.4) is 0 Å². The number of benzene rings is 1. The van der Waals surface area contributed by atoms with Crippen molar-refractivity contribution in [2.45, 2.75) is 115 Å². The lowest BCUT2D eigenvalue weighted by Crippen LogP contribution is -2.82. The second-order valence-corrected chi connectivity index (χ2v) is 17.2. The fourth-order valence-corrected chi connectivity index (χ4v) is 10.3. The number of thiophene rings is 1. The van der Waals surface area contributed by atoms with Gasteiger partial charge in [-0.2, -0.15) is 0 Å². The van der Waals surface area contributed by atoms with E-state index in [1.54, 1.807) is 42.6 Å². The maximum absolute atomic E-state index is 15.5. The van der Waals surface area contributed by atoms with Crippen molar-refractivity contribution in [3.8, 4) is 0 Å². The molecular formula is C42H51NO16S. The number of carbonyl (C=O) groups is 6. The van der Waals surface area contributed by atoms with Crippen LogP contribution in [-0.4, -0.2) is 119 Å². The highest BCUT2D eigenvalue weighted by atomic mass is 32.1. The van der Waals surface area contributed by atoms with Gasteiger partial charge in [-0.15, -0.1) is 11.3 Å². The van der Waals surface area contributed by atoms with E-state index in [4.69, 9.17) is 33.2 Å². The normalized spacial score (nSPS) is 32.5. The van der Waals surface area contributed by atoms with Crippen LogP contribution in [0.2, 0.25) is 0 Å². The van der Waals surface area contributed by atoms with E-state index in [-0.39, 0.29) is 43.0 Å². The predicted octanol–water partition coefficient (Wildman–Crippen LogP) is 3.72. The Balaban J connectivity index is 1.57. The van der Waals surface area contributed by atoms with Crippen molar-refractivity contribution in [2.24, 2.45) is 16.7 Å². The second-order valence-electron chi connectivity index (χ2n) is 16.2. The van der Waals surface area contributed by atoms with Crippen LogP contribution in [0.1, 0.15) is 82.6 Å². The first kappa shape index (κ1) is 44.7. The van der Waals surface area contributed by atoms with E-state index in [0.29, 0.717) is 4.88 Å². The van der Waals surface area contributed by atoms with Gasteiger partial charge in [0.15, 0.2) is 23.6 Å². The number of fused-ring (bicyclic) bond motifs is 5. The van der Waals surface area contributed by atoms with E-state index in [2.05, 4.69) is 5.32 Å². The molecule has 2 aromatic rings. The van der Waals surface area contributed by atoms with Crippen molar-refractivity contribution in [2.75, 3.05) is 19.8 Å². The van der Waals surface area contributed by atoms with Crippen LogP contribution < -0.4 is 5.32 Å². The summed E-state index contributed by atoms with van der Waals surface area (Å²) in [7, 11) is 0. The van der Waals surface area contributed by atoms with E-state index in [0.717, 1.165) is 18.3 Å². The van der Waals surface area contributed by atoms with Gasteiger partial charge < -0.3 is 53.8 Å². The van der Waals surface area contributed by atoms with Gasteiger partial charge in [-0.05, 0) is 62.4 Å². The number of hydrogen-bond acceptors (Lipinski definition) is 17. The Hall–Kier alpha value is -4.88. The molecular weight excluding hydrogens is 807 g/mol. The van der Waals surface area contributed by atoms with Crippen LogP contribution >= 0.6 is 11.3 Å². The van der Waals surface area contributed by atoms with Gasteiger partial charge in [0.1, 0.15) is 30.0 Å². The largest absolute Gasteiger partial charge is 0.509 e. The maximum Gasteiger partial charge on any atom is 0.509 e. The molecule has 1 aromatic heterocycles. The number of nitrogens with one attached hydrogen (secondary N) is 1. The standard InChI is InChI=1S/C42H51NO16S/c1-8-53-37(50)43-29(25-16-13-17-60-25)30(46)36(49)56-24-19-42(52)34(58-35(48)23-14-11-10-12-15-23)32-40(7,26(45)18-27-41(32,20-55-27)59-22(4)44)33(47)31(57-38(51)54-9-2)28(21(24)3)39(42,5)6/h10-17,24,26-27,29-32,34,45-46,52H,8-9,18-20H2,1-7H3,(H,43,50)/t24-,26-,27+,29-,30+,31+,32?,34?,40+,41-,42+/m0/s1. The molecule has 0 radical (unpaired) electrons. The number of aliphatic hydroxyl groups excluding tert-OH is 2. The third-order valence-electron chi connectivity index (χ3n) is 12.6. The predicted molar refractivity (Wildman–Crippen MR) is 208 cm³/mol. The van der Waals surface area contributed by atoms with Gasteiger partial charge in [-0.1, -0.05) is 38.1 Å². The van der Waals surface area contributed by atoms with Crippen molar-refractivity contribution < 1.29 is 77.2 Å². The molecule has 11 atom stereocenters. The van der Waals surface area contributed by atoms with Gasteiger partial charge in [0.2, 0.25) is 0 Å². The Morgan fingerprint density at radius 2 is 1.67 bits per heavy atom. The van der Waals surface area contributed by atoms with Gasteiger partial charge in [0.25, 0.3) is 0 Å². The first-order valence-electron chi connectivity index (χ1n) is 19.7. The van der Waals surface area contributed by atoms with Crippen LogP contribution in [0.4, 0.5) is 9.59 Å². The van der Waals surface area contributed by atoms with Gasteiger partial charge in [0, 0.05) is 30.1 Å². The first-order chi connectivity index (χ1) is 28.3. The van der Waals surface area contributed by atoms with Crippen molar-refractivity contribution in [3.05, 3.63) is 69.4 Å². The average Bonchev–Trinajstić information content (AvgIpc) is 3.73. The molecule has 2 bridgehead atoms. The molecule has 6 rings (SSSR count). The molecule has 4 aliphatic rings. The minimum absolute atomic E-state index is 0.000798. The second kappa shape index (κ2) is 16.9. The summed E-state index contributed by atoms with van der Waals surface area (Å²) < 4.78 is 40.2. The molecule has 17 nitrogen and oxygen atoms in total. The molecule has 1 aliphatic heterocycles. The van der Waals surface area contributed by atoms with E-state index < -0.39 is 113 Å². The summed E-state index contributed by atoms with van der Waals surface area (Å²) in [5.74, 6) is -5.52. The number of ketones is 1. The summed E-state index contributed by atoms with van der Waals surface area (Å²) in [6, 6.07) is 9.67. The van der Waals surface area contributed by atoms with Crippen LogP contribution in [0, 0.1) is 16.7 Å². The number of ether oxygens (including phenoxy) is 7. The molecule has 1 saturated heterocycles. The summed E-state index contributed by atoms with van der Waals surface area (Å²) in [5, 5.41) is 41.4. The maximum atomic E-state index is 15.5. The Morgan fingerprint density at radius 1 is 0.983 bits per heavy atom. The highest BCUT2D eigenvalue weighted by Gasteiger charge is 2.78. The van der Waals surface area contributed by atoms with E-state index in [9.17, 15) is 39.3 Å². The minimum Gasteiger partial charge on any atom is -0.456 e. The molecule has 2 unspecified atom stereocenters. The molecule has 2 saturated carbocycles. The molecule has 1 aromatic carbocycles. The van der Waals surface area contributed by atoms with E-state index in [1.165, 1.54) is 46.8 Å². The Labute approximate surface area is 350 Å². The van der Waals surface area contributed by atoms with E-state index >= 15 is 4.79 Å². The Bertz CT molecular complexity index is 2020. The summed E-state index contributed by atoms with van der Waals surface area (Å²) in [5.41, 5.74) is -7.93.